The zero-order valence-electron chi connectivity index (χ0n) is 11.6. The molecule has 1 saturated heterocycles. The molecule has 1 fully saturated rings. The highest BCUT2D eigenvalue weighted by Gasteiger charge is 2.27. The first-order chi connectivity index (χ1) is 10.1. The topological polar surface area (TPSA) is 88.7 Å². The van der Waals surface area contributed by atoms with Crippen molar-refractivity contribution in [1.29, 1.82) is 0 Å². The highest BCUT2D eigenvalue weighted by atomic mass is 16.6. The van der Waals surface area contributed by atoms with Gasteiger partial charge in [-0.25, -0.2) is 4.79 Å². The van der Waals surface area contributed by atoms with Crippen LogP contribution in [0.3, 0.4) is 0 Å². The second-order valence-corrected chi connectivity index (χ2v) is 5.04. The lowest BCUT2D eigenvalue weighted by atomic mass is 10.1. The van der Waals surface area contributed by atoms with E-state index in [-0.39, 0.29) is 18.0 Å². The molecular formula is C14H17N3O4. The number of fused-ring (bicyclic) bond motifs is 1. The SMILES string of the molecule is CC(NC(=O)C1CNC(=O)N1)c1ccc2c(c1)OCCO2. The molecule has 3 N–H and O–H groups in total. The molecule has 1 aromatic carbocycles. The van der Waals surface area contributed by atoms with Gasteiger partial charge in [0, 0.05) is 6.54 Å². The fourth-order valence-electron chi connectivity index (χ4n) is 2.34. The van der Waals surface area contributed by atoms with Gasteiger partial charge in [-0.1, -0.05) is 6.07 Å². The van der Waals surface area contributed by atoms with E-state index in [1.807, 2.05) is 25.1 Å². The van der Waals surface area contributed by atoms with Gasteiger partial charge in [-0.3, -0.25) is 4.79 Å². The molecule has 0 radical (unpaired) electrons. The summed E-state index contributed by atoms with van der Waals surface area (Å²) in [6.07, 6.45) is 0. The monoisotopic (exact) mass is 291 g/mol. The van der Waals surface area contributed by atoms with Gasteiger partial charge in [0.15, 0.2) is 11.5 Å². The van der Waals surface area contributed by atoms with E-state index >= 15 is 0 Å². The van der Waals surface area contributed by atoms with E-state index in [1.54, 1.807) is 0 Å². The third-order valence-corrected chi connectivity index (χ3v) is 3.51. The number of hydrogen-bond acceptors (Lipinski definition) is 4. The van der Waals surface area contributed by atoms with Crippen molar-refractivity contribution in [3.05, 3.63) is 23.8 Å². The van der Waals surface area contributed by atoms with Gasteiger partial charge < -0.3 is 25.4 Å². The van der Waals surface area contributed by atoms with E-state index in [0.717, 1.165) is 11.3 Å². The van der Waals surface area contributed by atoms with E-state index in [2.05, 4.69) is 16.0 Å². The molecule has 2 aliphatic heterocycles. The summed E-state index contributed by atoms with van der Waals surface area (Å²) in [5.41, 5.74) is 0.921. The smallest absolute Gasteiger partial charge is 0.315 e. The average Bonchev–Trinajstić information content (AvgIpc) is 2.93. The molecule has 3 rings (SSSR count). The zero-order chi connectivity index (χ0) is 14.8. The predicted octanol–water partition coefficient (Wildman–Crippen LogP) is 0.316. The standard InChI is InChI=1S/C14H17N3O4/c1-8(16-13(18)10-7-15-14(19)17-10)9-2-3-11-12(6-9)21-5-4-20-11/h2-3,6,8,10H,4-5,7H2,1H3,(H,16,18)(H2,15,17,19). The van der Waals surface area contributed by atoms with Crippen LogP contribution in [0.15, 0.2) is 18.2 Å². The highest BCUT2D eigenvalue weighted by Crippen LogP contribution is 2.32. The number of carbonyl (C=O) groups excluding carboxylic acids is 2. The Morgan fingerprint density at radius 1 is 1.33 bits per heavy atom. The lowest BCUT2D eigenvalue weighted by Gasteiger charge is -2.21. The van der Waals surface area contributed by atoms with E-state index in [4.69, 9.17) is 9.47 Å². The molecule has 7 heteroatoms. The summed E-state index contributed by atoms with van der Waals surface area (Å²) in [5.74, 6) is 1.20. The number of benzene rings is 1. The molecule has 2 unspecified atom stereocenters. The summed E-state index contributed by atoms with van der Waals surface area (Å²) in [7, 11) is 0. The number of urea groups is 1. The lowest BCUT2D eigenvalue weighted by molar-refractivity contribution is -0.123. The Morgan fingerprint density at radius 3 is 2.81 bits per heavy atom. The molecule has 21 heavy (non-hydrogen) atoms. The molecule has 2 aliphatic rings. The van der Waals surface area contributed by atoms with Crippen LogP contribution in [0.2, 0.25) is 0 Å². The molecule has 112 valence electrons. The fourth-order valence-corrected chi connectivity index (χ4v) is 2.34. The van der Waals surface area contributed by atoms with E-state index in [9.17, 15) is 9.59 Å². The summed E-state index contributed by atoms with van der Waals surface area (Å²) < 4.78 is 11.0. The second kappa shape index (κ2) is 5.51. The number of ether oxygens (including phenoxy) is 2. The van der Waals surface area contributed by atoms with Crippen LogP contribution < -0.4 is 25.4 Å². The maximum atomic E-state index is 12.0. The third-order valence-electron chi connectivity index (χ3n) is 3.51. The molecule has 2 heterocycles. The van der Waals surface area contributed by atoms with Crippen LogP contribution in [-0.4, -0.2) is 37.7 Å². The quantitative estimate of drug-likeness (QED) is 0.748. The first kappa shape index (κ1) is 13.5. The number of hydrogen-bond donors (Lipinski definition) is 3. The Balaban J connectivity index is 1.66. The zero-order valence-corrected chi connectivity index (χ0v) is 11.6. The summed E-state index contributed by atoms with van der Waals surface area (Å²) in [6, 6.07) is 4.56. The Bertz CT molecular complexity index is 575. The minimum Gasteiger partial charge on any atom is -0.486 e. The Morgan fingerprint density at radius 2 is 2.10 bits per heavy atom. The van der Waals surface area contributed by atoms with Crippen molar-refractivity contribution < 1.29 is 19.1 Å². The Kier molecular flexibility index (Phi) is 3.55. The van der Waals surface area contributed by atoms with Crippen molar-refractivity contribution in [2.75, 3.05) is 19.8 Å². The van der Waals surface area contributed by atoms with E-state index in [0.29, 0.717) is 25.5 Å². The minimum absolute atomic E-state index is 0.189. The van der Waals surface area contributed by atoms with E-state index in [1.165, 1.54) is 0 Å². The van der Waals surface area contributed by atoms with Crippen molar-refractivity contribution in [2.45, 2.75) is 19.0 Å². The fraction of sp³-hybridized carbons (Fsp3) is 0.429. The van der Waals surface area contributed by atoms with Crippen molar-refractivity contribution in [2.24, 2.45) is 0 Å². The van der Waals surface area contributed by atoms with Gasteiger partial charge in [-0.05, 0) is 24.6 Å². The number of carbonyl (C=O) groups is 2. The van der Waals surface area contributed by atoms with Crippen LogP contribution >= 0.6 is 0 Å². The molecule has 7 nitrogen and oxygen atoms in total. The molecule has 0 aromatic heterocycles. The number of nitrogens with one attached hydrogen (secondary N) is 3. The van der Waals surface area contributed by atoms with Crippen molar-refractivity contribution >= 4 is 11.9 Å². The first-order valence-electron chi connectivity index (χ1n) is 6.88. The van der Waals surface area contributed by atoms with Gasteiger partial charge in [0.05, 0.1) is 6.04 Å². The molecule has 0 spiro atoms. The first-order valence-corrected chi connectivity index (χ1v) is 6.88. The van der Waals surface area contributed by atoms with Crippen LogP contribution in [-0.2, 0) is 4.79 Å². The summed E-state index contributed by atoms with van der Waals surface area (Å²) in [6.45, 7) is 3.26. The van der Waals surface area contributed by atoms with Crippen LogP contribution in [0.1, 0.15) is 18.5 Å². The Hall–Kier alpha value is -2.44. The van der Waals surface area contributed by atoms with Crippen molar-refractivity contribution in [3.63, 3.8) is 0 Å². The molecule has 0 aliphatic carbocycles. The maximum absolute atomic E-state index is 12.0. The molecule has 0 saturated carbocycles. The van der Waals surface area contributed by atoms with Crippen molar-refractivity contribution in [3.8, 4) is 11.5 Å². The lowest BCUT2D eigenvalue weighted by Crippen LogP contribution is -2.43. The van der Waals surface area contributed by atoms with Crippen LogP contribution in [0.5, 0.6) is 11.5 Å². The van der Waals surface area contributed by atoms with Gasteiger partial charge >= 0.3 is 6.03 Å². The third kappa shape index (κ3) is 2.86. The predicted molar refractivity (Wildman–Crippen MR) is 74.3 cm³/mol. The molecule has 1 aromatic rings. The van der Waals surface area contributed by atoms with Gasteiger partial charge in [0.2, 0.25) is 5.91 Å². The molecule has 0 bridgehead atoms. The van der Waals surface area contributed by atoms with E-state index < -0.39 is 6.04 Å². The van der Waals surface area contributed by atoms with Gasteiger partial charge in [0.25, 0.3) is 0 Å². The van der Waals surface area contributed by atoms with Gasteiger partial charge in [-0.15, -0.1) is 0 Å². The highest BCUT2D eigenvalue weighted by molar-refractivity contribution is 5.90. The van der Waals surface area contributed by atoms with Crippen LogP contribution in [0.25, 0.3) is 0 Å². The molecule has 2 atom stereocenters. The van der Waals surface area contributed by atoms with Gasteiger partial charge in [0.1, 0.15) is 19.3 Å². The average molecular weight is 291 g/mol. The minimum atomic E-state index is -0.530. The summed E-state index contributed by atoms with van der Waals surface area (Å²) in [5, 5.41) is 7.99. The summed E-state index contributed by atoms with van der Waals surface area (Å²) >= 11 is 0. The molecular weight excluding hydrogens is 274 g/mol. The Labute approximate surface area is 122 Å². The summed E-state index contributed by atoms with van der Waals surface area (Å²) in [4.78, 5) is 23.1. The maximum Gasteiger partial charge on any atom is 0.315 e. The van der Waals surface area contributed by atoms with Crippen LogP contribution in [0.4, 0.5) is 4.79 Å². The number of rotatable bonds is 3. The normalized spacial score (nSPS) is 21.2. The molecule has 3 amide bonds. The van der Waals surface area contributed by atoms with Gasteiger partial charge in [-0.2, -0.15) is 0 Å². The van der Waals surface area contributed by atoms with Crippen LogP contribution in [0, 0.1) is 0 Å². The largest absolute Gasteiger partial charge is 0.486 e. The van der Waals surface area contributed by atoms with Crippen molar-refractivity contribution in [1.82, 2.24) is 16.0 Å². The number of amides is 3. The second-order valence-electron chi connectivity index (χ2n) is 5.04.